The van der Waals surface area contributed by atoms with Gasteiger partial charge in [-0.05, 0) is 26.2 Å². The van der Waals surface area contributed by atoms with Crippen LogP contribution >= 0.6 is 12.2 Å². The molecule has 0 aliphatic rings. The van der Waals surface area contributed by atoms with Crippen LogP contribution in [0.5, 0.6) is 0 Å². The van der Waals surface area contributed by atoms with Crippen LogP contribution in [0.2, 0.25) is 0 Å². The van der Waals surface area contributed by atoms with Gasteiger partial charge in [-0.3, -0.25) is 4.68 Å². The second kappa shape index (κ2) is 5.69. The van der Waals surface area contributed by atoms with Crippen molar-refractivity contribution in [3.63, 3.8) is 0 Å². The van der Waals surface area contributed by atoms with Crippen LogP contribution in [0.3, 0.4) is 0 Å². The van der Waals surface area contributed by atoms with E-state index in [0.29, 0.717) is 4.99 Å². The summed E-state index contributed by atoms with van der Waals surface area (Å²) in [6.07, 6.45) is 3.17. The maximum Gasteiger partial charge on any atom is 0.134 e. The van der Waals surface area contributed by atoms with Crippen molar-refractivity contribution in [3.8, 4) is 0 Å². The van der Waals surface area contributed by atoms with Gasteiger partial charge in [0.05, 0.1) is 11.3 Å². The molecule has 0 aromatic carbocycles. The van der Waals surface area contributed by atoms with Gasteiger partial charge in [-0.25, -0.2) is 0 Å². The van der Waals surface area contributed by atoms with Gasteiger partial charge in [-0.2, -0.15) is 5.10 Å². The zero-order chi connectivity index (χ0) is 13.9. The zero-order valence-corrected chi connectivity index (χ0v) is 12.8. The lowest BCUT2D eigenvalue weighted by Gasteiger charge is -2.33. The highest BCUT2D eigenvalue weighted by Gasteiger charge is 2.27. The van der Waals surface area contributed by atoms with E-state index in [1.165, 1.54) is 0 Å². The fraction of sp³-hybridized carbons (Fsp3) is 0.692. The molecule has 0 saturated carbocycles. The lowest BCUT2D eigenvalue weighted by atomic mass is 9.89. The number of aromatic nitrogens is 2. The summed E-state index contributed by atoms with van der Waals surface area (Å²) in [7, 11) is 1.92. The van der Waals surface area contributed by atoms with Crippen LogP contribution in [0.4, 0.5) is 5.82 Å². The summed E-state index contributed by atoms with van der Waals surface area (Å²) >= 11 is 5.13. The first kappa shape index (κ1) is 15.0. The lowest BCUT2D eigenvalue weighted by molar-refractivity contribution is 0.416. The van der Waals surface area contributed by atoms with Crippen molar-refractivity contribution < 1.29 is 0 Å². The van der Waals surface area contributed by atoms with E-state index in [0.717, 1.165) is 36.3 Å². The SMILES string of the molecule is CCC(CC)(CC)Nc1c(C(N)=S)c(C)nn1C. The number of nitrogens with one attached hydrogen (secondary N) is 1. The number of anilines is 1. The Balaban J connectivity index is 3.21. The molecule has 1 rings (SSSR count). The molecule has 102 valence electrons. The Morgan fingerprint density at radius 2 is 1.83 bits per heavy atom. The third-order valence-electron chi connectivity index (χ3n) is 3.88. The molecule has 1 aromatic rings. The number of rotatable bonds is 6. The van der Waals surface area contributed by atoms with Crippen molar-refractivity contribution in [2.45, 2.75) is 52.5 Å². The monoisotopic (exact) mass is 268 g/mol. The summed E-state index contributed by atoms with van der Waals surface area (Å²) in [5.74, 6) is 0.936. The van der Waals surface area contributed by atoms with Crippen LogP contribution in [-0.2, 0) is 7.05 Å². The molecule has 0 radical (unpaired) electrons. The number of hydrogen-bond acceptors (Lipinski definition) is 3. The number of nitrogens with two attached hydrogens (primary N) is 1. The van der Waals surface area contributed by atoms with Crippen molar-refractivity contribution in [1.29, 1.82) is 0 Å². The van der Waals surface area contributed by atoms with Crippen molar-refractivity contribution in [3.05, 3.63) is 11.3 Å². The summed E-state index contributed by atoms with van der Waals surface area (Å²) in [4.78, 5) is 0.403. The van der Waals surface area contributed by atoms with E-state index in [1.54, 1.807) is 0 Å². The standard InChI is InChI=1S/C13H24N4S/c1-6-13(7-2,8-3)15-12-10(11(14)18)9(4)16-17(12)5/h15H,6-8H2,1-5H3,(H2,14,18). The molecule has 0 aliphatic carbocycles. The van der Waals surface area contributed by atoms with Crippen molar-refractivity contribution in [2.75, 3.05) is 5.32 Å². The molecule has 0 aliphatic heterocycles. The fourth-order valence-corrected chi connectivity index (χ4v) is 2.61. The molecular formula is C13H24N4S. The molecule has 1 heterocycles. The van der Waals surface area contributed by atoms with Crippen LogP contribution < -0.4 is 11.1 Å². The molecule has 0 unspecified atom stereocenters. The van der Waals surface area contributed by atoms with Crippen LogP contribution in [0, 0.1) is 6.92 Å². The summed E-state index contributed by atoms with van der Waals surface area (Å²) in [6, 6.07) is 0. The molecule has 0 bridgehead atoms. The number of nitrogens with zero attached hydrogens (tertiary/aromatic N) is 2. The van der Waals surface area contributed by atoms with E-state index in [4.69, 9.17) is 18.0 Å². The average molecular weight is 268 g/mol. The molecule has 5 heteroatoms. The predicted octanol–water partition coefficient (Wildman–Crippen LogP) is 2.74. The third-order valence-corrected chi connectivity index (χ3v) is 4.09. The molecule has 0 fully saturated rings. The van der Waals surface area contributed by atoms with E-state index in [9.17, 15) is 0 Å². The Morgan fingerprint density at radius 3 is 2.22 bits per heavy atom. The predicted molar refractivity (Wildman–Crippen MR) is 81.1 cm³/mol. The molecular weight excluding hydrogens is 244 g/mol. The second-order valence-electron chi connectivity index (χ2n) is 4.76. The average Bonchev–Trinajstić information content (AvgIpc) is 2.61. The minimum atomic E-state index is 0.0831. The maximum absolute atomic E-state index is 5.81. The third kappa shape index (κ3) is 2.66. The zero-order valence-electron chi connectivity index (χ0n) is 12.0. The Bertz CT molecular complexity index is 424. The first-order valence-electron chi connectivity index (χ1n) is 6.52. The lowest BCUT2D eigenvalue weighted by Crippen LogP contribution is -2.37. The van der Waals surface area contributed by atoms with Gasteiger partial charge in [-0.1, -0.05) is 33.0 Å². The van der Waals surface area contributed by atoms with E-state index < -0.39 is 0 Å². The molecule has 4 nitrogen and oxygen atoms in total. The minimum Gasteiger partial charge on any atom is -0.389 e. The van der Waals surface area contributed by atoms with E-state index in [2.05, 4.69) is 31.2 Å². The van der Waals surface area contributed by atoms with Gasteiger partial charge in [0.25, 0.3) is 0 Å². The van der Waals surface area contributed by atoms with Crippen molar-refractivity contribution >= 4 is 23.0 Å². The van der Waals surface area contributed by atoms with Gasteiger partial charge in [-0.15, -0.1) is 0 Å². The highest BCUT2D eigenvalue weighted by molar-refractivity contribution is 7.80. The van der Waals surface area contributed by atoms with Gasteiger partial charge >= 0.3 is 0 Å². The molecule has 0 amide bonds. The summed E-state index contributed by atoms with van der Waals surface area (Å²) in [6.45, 7) is 8.53. The normalized spacial score (nSPS) is 11.6. The smallest absolute Gasteiger partial charge is 0.134 e. The Hall–Kier alpha value is -1.10. The maximum atomic E-state index is 5.81. The quantitative estimate of drug-likeness (QED) is 0.779. The second-order valence-corrected chi connectivity index (χ2v) is 5.20. The van der Waals surface area contributed by atoms with Gasteiger partial charge in [0.2, 0.25) is 0 Å². The van der Waals surface area contributed by atoms with E-state index in [-0.39, 0.29) is 5.54 Å². The van der Waals surface area contributed by atoms with Crippen LogP contribution in [0.1, 0.15) is 51.3 Å². The highest BCUT2D eigenvalue weighted by atomic mass is 32.1. The highest BCUT2D eigenvalue weighted by Crippen LogP contribution is 2.28. The van der Waals surface area contributed by atoms with Crippen LogP contribution in [0.15, 0.2) is 0 Å². The van der Waals surface area contributed by atoms with Crippen LogP contribution in [0.25, 0.3) is 0 Å². The molecule has 18 heavy (non-hydrogen) atoms. The Kier molecular flexibility index (Phi) is 4.73. The summed E-state index contributed by atoms with van der Waals surface area (Å²) in [5.41, 5.74) is 7.64. The minimum absolute atomic E-state index is 0.0831. The van der Waals surface area contributed by atoms with Gasteiger partial charge < -0.3 is 11.1 Å². The molecule has 0 saturated heterocycles. The summed E-state index contributed by atoms with van der Waals surface area (Å²) in [5, 5.41) is 8.02. The van der Waals surface area contributed by atoms with Crippen molar-refractivity contribution in [1.82, 2.24) is 9.78 Å². The Labute approximate surface area is 115 Å². The largest absolute Gasteiger partial charge is 0.389 e. The molecule has 1 aromatic heterocycles. The van der Waals surface area contributed by atoms with E-state index >= 15 is 0 Å². The fourth-order valence-electron chi connectivity index (χ4n) is 2.36. The molecule has 3 N–H and O–H groups in total. The van der Waals surface area contributed by atoms with Gasteiger partial charge in [0, 0.05) is 12.6 Å². The van der Waals surface area contributed by atoms with Gasteiger partial charge in [0.1, 0.15) is 10.8 Å². The molecule has 0 spiro atoms. The van der Waals surface area contributed by atoms with Crippen molar-refractivity contribution in [2.24, 2.45) is 12.8 Å². The van der Waals surface area contributed by atoms with E-state index in [1.807, 2.05) is 18.7 Å². The number of hydrogen-bond donors (Lipinski definition) is 2. The number of aryl methyl sites for hydroxylation is 2. The topological polar surface area (TPSA) is 55.9 Å². The first-order valence-corrected chi connectivity index (χ1v) is 6.93. The Morgan fingerprint density at radius 1 is 1.33 bits per heavy atom. The molecule has 0 atom stereocenters. The van der Waals surface area contributed by atoms with Gasteiger partial charge in [0.15, 0.2) is 0 Å². The van der Waals surface area contributed by atoms with Crippen LogP contribution in [-0.4, -0.2) is 20.3 Å². The first-order chi connectivity index (χ1) is 8.40. The summed E-state index contributed by atoms with van der Waals surface area (Å²) < 4.78 is 1.83. The number of thiocarbonyl (C=S) groups is 1.